The lowest BCUT2D eigenvalue weighted by Gasteiger charge is -2.20. The van der Waals surface area contributed by atoms with E-state index in [2.05, 4.69) is 15.9 Å². The van der Waals surface area contributed by atoms with Crippen LogP contribution in [-0.4, -0.2) is 32.8 Å². The molecule has 0 radical (unpaired) electrons. The molecule has 1 rings (SSSR count). The molecule has 0 aliphatic heterocycles. The summed E-state index contributed by atoms with van der Waals surface area (Å²) in [5, 5.41) is 4.94. The summed E-state index contributed by atoms with van der Waals surface area (Å²) in [5.74, 6) is -0.0671. The Hall–Kier alpha value is -0.630. The van der Waals surface area contributed by atoms with Crippen molar-refractivity contribution in [3.05, 3.63) is 27.2 Å². The summed E-state index contributed by atoms with van der Waals surface area (Å²) in [6.07, 6.45) is 0. The fourth-order valence-electron chi connectivity index (χ4n) is 1.76. The van der Waals surface area contributed by atoms with Gasteiger partial charge < -0.3 is 4.90 Å². The molecular weight excluding hydrogens is 368 g/mol. The summed E-state index contributed by atoms with van der Waals surface area (Å²) in [4.78, 5) is 13.5. The van der Waals surface area contributed by atoms with Crippen LogP contribution >= 0.6 is 27.5 Å². The summed E-state index contributed by atoms with van der Waals surface area (Å²) in [7, 11) is -2.36. The van der Waals surface area contributed by atoms with Gasteiger partial charge >= 0.3 is 0 Å². The van der Waals surface area contributed by atoms with Gasteiger partial charge in [0, 0.05) is 18.1 Å². The number of hydrogen-bond donors (Lipinski definition) is 1. The lowest BCUT2D eigenvalue weighted by Crippen LogP contribution is -2.30. The lowest BCUT2D eigenvalue weighted by atomic mass is 10.1. The second kappa shape index (κ2) is 6.43. The fraction of sp³-hybridized carbons (Fsp3) is 0.417. The van der Waals surface area contributed by atoms with Crippen LogP contribution in [0, 0.1) is 5.92 Å². The average Bonchev–Trinajstić information content (AvgIpc) is 2.28. The first-order chi connectivity index (χ1) is 9.04. The van der Waals surface area contributed by atoms with Crippen LogP contribution in [0.4, 0.5) is 0 Å². The van der Waals surface area contributed by atoms with E-state index in [1.54, 1.807) is 7.05 Å². The van der Waals surface area contributed by atoms with Crippen molar-refractivity contribution in [2.24, 2.45) is 11.1 Å². The van der Waals surface area contributed by atoms with E-state index in [0.717, 1.165) is 0 Å². The number of sulfonamides is 1. The highest BCUT2D eigenvalue weighted by molar-refractivity contribution is 9.10. The van der Waals surface area contributed by atoms with E-state index in [1.807, 2.05) is 13.8 Å². The number of rotatable bonds is 4. The molecule has 0 atom stereocenters. The Kier molecular flexibility index (Phi) is 5.60. The number of benzene rings is 1. The van der Waals surface area contributed by atoms with Gasteiger partial charge in [-0.25, -0.2) is 13.6 Å². The molecule has 0 aliphatic carbocycles. The first-order valence-electron chi connectivity index (χ1n) is 5.81. The Balaban J connectivity index is 3.33. The Morgan fingerprint density at radius 1 is 1.45 bits per heavy atom. The van der Waals surface area contributed by atoms with Crippen molar-refractivity contribution < 1.29 is 13.2 Å². The van der Waals surface area contributed by atoms with Gasteiger partial charge in [0.1, 0.15) is 4.90 Å². The fourth-order valence-corrected chi connectivity index (χ4v) is 3.54. The Morgan fingerprint density at radius 3 is 2.45 bits per heavy atom. The van der Waals surface area contributed by atoms with E-state index in [9.17, 15) is 13.2 Å². The molecule has 1 aromatic carbocycles. The van der Waals surface area contributed by atoms with Crippen molar-refractivity contribution >= 4 is 43.5 Å². The third-order valence-corrected chi connectivity index (χ3v) is 4.44. The number of hydrogen-bond acceptors (Lipinski definition) is 3. The molecule has 0 unspecified atom stereocenters. The second-order valence-corrected chi connectivity index (χ2v) is 7.71. The number of nitrogens with zero attached hydrogens (tertiary/aromatic N) is 1. The van der Waals surface area contributed by atoms with E-state index >= 15 is 0 Å². The highest BCUT2D eigenvalue weighted by Gasteiger charge is 2.23. The molecule has 1 aromatic rings. The van der Waals surface area contributed by atoms with Crippen molar-refractivity contribution in [1.82, 2.24) is 4.90 Å². The number of amides is 1. The summed E-state index contributed by atoms with van der Waals surface area (Å²) < 4.78 is 23.4. The van der Waals surface area contributed by atoms with Crippen LogP contribution in [0.15, 0.2) is 21.5 Å². The van der Waals surface area contributed by atoms with Gasteiger partial charge in [0.05, 0.1) is 10.6 Å². The van der Waals surface area contributed by atoms with Crippen molar-refractivity contribution in [2.75, 3.05) is 13.6 Å². The zero-order valence-electron chi connectivity index (χ0n) is 11.4. The van der Waals surface area contributed by atoms with Crippen LogP contribution in [0.5, 0.6) is 0 Å². The van der Waals surface area contributed by atoms with Crippen molar-refractivity contribution in [2.45, 2.75) is 18.7 Å². The second-order valence-electron chi connectivity index (χ2n) is 4.89. The number of carbonyl (C=O) groups excluding carboxylic acids is 1. The van der Waals surface area contributed by atoms with Gasteiger partial charge in [0.15, 0.2) is 0 Å². The van der Waals surface area contributed by atoms with Gasteiger partial charge in [0.2, 0.25) is 10.0 Å². The zero-order chi connectivity index (χ0) is 15.7. The molecule has 0 aromatic heterocycles. The first-order valence-corrected chi connectivity index (χ1v) is 8.53. The summed E-state index contributed by atoms with van der Waals surface area (Å²) in [6, 6.07) is 2.76. The summed E-state index contributed by atoms with van der Waals surface area (Å²) >= 11 is 9.17. The summed E-state index contributed by atoms with van der Waals surface area (Å²) in [5.41, 5.74) is 0.105. The number of nitrogens with two attached hydrogens (primary N) is 1. The minimum absolute atomic E-state index is 0.105. The van der Waals surface area contributed by atoms with Gasteiger partial charge in [-0.15, -0.1) is 0 Å². The third-order valence-electron chi connectivity index (χ3n) is 2.53. The molecule has 0 fully saturated rings. The van der Waals surface area contributed by atoms with Crippen LogP contribution in [0.25, 0.3) is 0 Å². The van der Waals surface area contributed by atoms with Crippen molar-refractivity contribution in [3.8, 4) is 0 Å². The maximum Gasteiger partial charge on any atom is 0.255 e. The lowest BCUT2D eigenvalue weighted by molar-refractivity contribution is 0.0779. The number of primary sulfonamides is 1. The molecule has 1 amide bonds. The Bertz CT molecular complexity index is 632. The van der Waals surface area contributed by atoms with Gasteiger partial charge in [0.25, 0.3) is 5.91 Å². The van der Waals surface area contributed by atoms with Crippen LogP contribution in [0.2, 0.25) is 5.02 Å². The molecule has 0 heterocycles. The highest BCUT2D eigenvalue weighted by atomic mass is 79.9. The standard InChI is InChI=1S/C12H16BrClN2O3S/c1-7(2)6-16(3)12(17)9-4-8(13)5-10(11(9)14)20(15,18)19/h4-5,7H,6H2,1-3H3,(H2,15,18,19). The van der Waals surface area contributed by atoms with E-state index in [4.69, 9.17) is 16.7 Å². The molecule has 112 valence electrons. The monoisotopic (exact) mass is 382 g/mol. The van der Waals surface area contributed by atoms with E-state index in [-0.39, 0.29) is 27.3 Å². The quantitative estimate of drug-likeness (QED) is 0.867. The van der Waals surface area contributed by atoms with E-state index in [1.165, 1.54) is 17.0 Å². The van der Waals surface area contributed by atoms with Gasteiger partial charge in [-0.1, -0.05) is 41.4 Å². The molecule has 0 saturated heterocycles. The van der Waals surface area contributed by atoms with Gasteiger partial charge in [-0.2, -0.15) is 0 Å². The van der Waals surface area contributed by atoms with Crippen LogP contribution in [0.3, 0.4) is 0 Å². The summed E-state index contributed by atoms with van der Waals surface area (Å²) in [6.45, 7) is 4.48. The molecule has 0 spiro atoms. The SMILES string of the molecule is CC(C)CN(C)C(=O)c1cc(Br)cc(S(N)(=O)=O)c1Cl. The van der Waals surface area contributed by atoms with Gasteiger partial charge in [-0.3, -0.25) is 4.79 Å². The zero-order valence-corrected chi connectivity index (χ0v) is 14.5. The average molecular weight is 384 g/mol. The molecule has 8 heteroatoms. The molecular formula is C12H16BrClN2O3S. The molecule has 20 heavy (non-hydrogen) atoms. The smallest absolute Gasteiger partial charge is 0.255 e. The van der Waals surface area contributed by atoms with E-state index in [0.29, 0.717) is 11.0 Å². The molecule has 2 N–H and O–H groups in total. The third kappa shape index (κ3) is 4.18. The van der Waals surface area contributed by atoms with E-state index < -0.39 is 10.0 Å². The van der Waals surface area contributed by atoms with Crippen LogP contribution in [-0.2, 0) is 10.0 Å². The highest BCUT2D eigenvalue weighted by Crippen LogP contribution is 2.29. The molecule has 0 saturated carbocycles. The Labute approximate surface area is 132 Å². The number of carbonyl (C=O) groups is 1. The molecule has 0 aliphatic rings. The minimum atomic E-state index is -3.99. The first kappa shape index (κ1) is 17.4. The maximum absolute atomic E-state index is 12.3. The largest absolute Gasteiger partial charge is 0.341 e. The number of halogens is 2. The van der Waals surface area contributed by atoms with Crippen LogP contribution < -0.4 is 5.14 Å². The molecule has 5 nitrogen and oxygen atoms in total. The predicted octanol–water partition coefficient (Wildman–Crippen LogP) is 2.48. The van der Waals surface area contributed by atoms with Crippen LogP contribution in [0.1, 0.15) is 24.2 Å². The molecule has 0 bridgehead atoms. The minimum Gasteiger partial charge on any atom is -0.341 e. The normalized spacial score (nSPS) is 11.8. The topological polar surface area (TPSA) is 80.5 Å². The van der Waals surface area contributed by atoms with Gasteiger partial charge in [-0.05, 0) is 18.1 Å². The maximum atomic E-state index is 12.3. The van der Waals surface area contributed by atoms with Crippen molar-refractivity contribution in [3.63, 3.8) is 0 Å². The Morgan fingerprint density at radius 2 is 2.00 bits per heavy atom. The van der Waals surface area contributed by atoms with Crippen molar-refractivity contribution in [1.29, 1.82) is 0 Å². The predicted molar refractivity (Wildman–Crippen MR) is 82.3 cm³/mol.